The molecule has 0 radical (unpaired) electrons. The molecule has 1 heterocycles. The van der Waals surface area contributed by atoms with E-state index in [1.165, 1.54) is 4.90 Å². The number of carbonyl (C=O) groups is 2. The van der Waals surface area contributed by atoms with E-state index in [4.69, 9.17) is 4.74 Å². The Bertz CT molecular complexity index is 683. The van der Waals surface area contributed by atoms with Crippen molar-refractivity contribution in [3.8, 4) is 0 Å². The summed E-state index contributed by atoms with van der Waals surface area (Å²) in [6.45, 7) is 5.41. The van der Waals surface area contributed by atoms with Gasteiger partial charge in [-0.2, -0.15) is 0 Å². The number of hydrogen-bond donors (Lipinski definition) is 2. The highest BCUT2D eigenvalue weighted by Gasteiger charge is 2.52. The lowest BCUT2D eigenvalue weighted by molar-refractivity contribution is -0.124. The molecule has 5 nitrogen and oxygen atoms in total. The van der Waals surface area contributed by atoms with Gasteiger partial charge in [0.2, 0.25) is 5.91 Å². The molecule has 2 amide bonds. The highest BCUT2D eigenvalue weighted by molar-refractivity contribution is 9.10. The Morgan fingerprint density at radius 2 is 2.04 bits per heavy atom. The van der Waals surface area contributed by atoms with Crippen LogP contribution < -0.4 is 10.6 Å². The maximum absolute atomic E-state index is 12.7. The van der Waals surface area contributed by atoms with E-state index in [-0.39, 0.29) is 11.9 Å². The fourth-order valence-corrected chi connectivity index (χ4v) is 4.34. The minimum atomic E-state index is -0.814. The van der Waals surface area contributed by atoms with Crippen LogP contribution in [0.3, 0.4) is 0 Å². The van der Waals surface area contributed by atoms with Crippen molar-refractivity contribution in [2.24, 2.45) is 0 Å². The van der Waals surface area contributed by atoms with Crippen LogP contribution in [0.5, 0.6) is 0 Å². The fraction of sp³-hybridized carbons (Fsp3) is 0.529. The average Bonchev–Trinajstić information content (AvgIpc) is 3.12. The summed E-state index contributed by atoms with van der Waals surface area (Å²) >= 11 is 5.19. The minimum Gasteiger partial charge on any atom is -0.444 e. The third-order valence-corrected chi connectivity index (χ3v) is 5.64. The van der Waals surface area contributed by atoms with Crippen molar-refractivity contribution in [2.45, 2.75) is 55.7 Å². The summed E-state index contributed by atoms with van der Waals surface area (Å²) in [5.41, 5.74) is -0.263. The van der Waals surface area contributed by atoms with Gasteiger partial charge in [-0.25, -0.2) is 4.79 Å². The lowest BCUT2D eigenvalue weighted by Crippen LogP contribution is -2.51. The lowest BCUT2D eigenvalue weighted by atomic mass is 10.1. The molecule has 2 N–H and O–H groups in total. The maximum atomic E-state index is 12.7. The predicted octanol–water partition coefficient (Wildman–Crippen LogP) is 3.77. The number of fused-ring (bicyclic) bond motifs is 1. The predicted molar refractivity (Wildman–Crippen MR) is 97.1 cm³/mol. The van der Waals surface area contributed by atoms with Crippen LogP contribution >= 0.6 is 27.7 Å². The number of rotatable bonds is 3. The van der Waals surface area contributed by atoms with Crippen molar-refractivity contribution >= 4 is 39.7 Å². The second kappa shape index (κ2) is 6.26. The molecule has 1 saturated carbocycles. The van der Waals surface area contributed by atoms with E-state index in [1.54, 1.807) is 32.5 Å². The van der Waals surface area contributed by atoms with Crippen LogP contribution in [0.15, 0.2) is 27.6 Å². The topological polar surface area (TPSA) is 67.4 Å². The second-order valence-electron chi connectivity index (χ2n) is 7.23. The van der Waals surface area contributed by atoms with E-state index >= 15 is 0 Å². The number of benzene rings is 1. The Balaban J connectivity index is 1.63. The molecule has 24 heavy (non-hydrogen) atoms. The van der Waals surface area contributed by atoms with E-state index in [9.17, 15) is 9.59 Å². The van der Waals surface area contributed by atoms with Gasteiger partial charge in [-0.05, 0) is 51.3 Å². The van der Waals surface area contributed by atoms with Gasteiger partial charge in [0.05, 0.1) is 6.04 Å². The van der Waals surface area contributed by atoms with Crippen molar-refractivity contribution in [1.82, 2.24) is 10.6 Å². The second-order valence-corrected chi connectivity index (χ2v) is 9.21. The van der Waals surface area contributed by atoms with Gasteiger partial charge in [0, 0.05) is 15.1 Å². The molecule has 2 aliphatic rings. The van der Waals surface area contributed by atoms with Gasteiger partial charge >= 0.3 is 6.09 Å². The number of carbonyl (C=O) groups excluding carboxylic acids is 2. The Hall–Kier alpha value is -1.21. The fourth-order valence-electron chi connectivity index (χ4n) is 2.63. The summed E-state index contributed by atoms with van der Waals surface area (Å²) in [5.74, 6) is 0.676. The molecule has 1 aromatic carbocycles. The molecule has 0 aromatic heterocycles. The minimum absolute atomic E-state index is 0.0245. The van der Waals surface area contributed by atoms with Crippen LogP contribution in [0.1, 0.15) is 45.2 Å². The summed E-state index contributed by atoms with van der Waals surface area (Å²) in [6, 6.07) is 6.06. The molecule has 7 heteroatoms. The molecular weight excluding hydrogens is 392 g/mol. The van der Waals surface area contributed by atoms with Crippen LogP contribution in [0.2, 0.25) is 0 Å². The van der Waals surface area contributed by atoms with E-state index in [0.29, 0.717) is 12.8 Å². The summed E-state index contributed by atoms with van der Waals surface area (Å²) in [5, 5.41) is 5.82. The molecule has 0 bridgehead atoms. The number of thioether (sulfide) groups is 1. The van der Waals surface area contributed by atoms with Gasteiger partial charge in [-0.1, -0.05) is 22.0 Å². The molecule has 1 aromatic rings. The Kier molecular flexibility index (Phi) is 4.59. The average molecular weight is 413 g/mol. The van der Waals surface area contributed by atoms with Gasteiger partial charge in [0.15, 0.2) is 0 Å². The molecule has 1 aliphatic heterocycles. The van der Waals surface area contributed by atoms with Gasteiger partial charge in [-0.3, -0.25) is 4.79 Å². The van der Waals surface area contributed by atoms with E-state index in [1.807, 2.05) is 12.1 Å². The monoisotopic (exact) mass is 412 g/mol. The third-order valence-electron chi connectivity index (χ3n) is 3.99. The smallest absolute Gasteiger partial charge is 0.408 e. The summed E-state index contributed by atoms with van der Waals surface area (Å²) in [4.78, 5) is 25.8. The Morgan fingerprint density at radius 1 is 1.33 bits per heavy atom. The van der Waals surface area contributed by atoms with Crippen molar-refractivity contribution in [2.75, 3.05) is 5.75 Å². The van der Waals surface area contributed by atoms with E-state index in [0.717, 1.165) is 15.8 Å². The normalized spacial score (nSPS) is 20.9. The number of hydrogen-bond acceptors (Lipinski definition) is 4. The zero-order valence-corrected chi connectivity index (χ0v) is 16.3. The zero-order chi connectivity index (χ0) is 17.5. The number of amides is 2. The number of halogens is 1. The van der Waals surface area contributed by atoms with Crippen molar-refractivity contribution in [1.29, 1.82) is 0 Å². The molecule has 0 spiro atoms. The molecule has 1 fully saturated rings. The van der Waals surface area contributed by atoms with Crippen LogP contribution in [0, 0.1) is 0 Å². The largest absolute Gasteiger partial charge is 0.444 e. The quantitative estimate of drug-likeness (QED) is 0.792. The van der Waals surface area contributed by atoms with Crippen LogP contribution in [0.4, 0.5) is 4.79 Å². The van der Waals surface area contributed by atoms with Crippen molar-refractivity contribution < 1.29 is 14.3 Å². The number of nitrogens with one attached hydrogen (secondary N) is 2. The molecule has 130 valence electrons. The molecule has 3 rings (SSSR count). The van der Waals surface area contributed by atoms with E-state index < -0.39 is 17.2 Å². The first-order valence-electron chi connectivity index (χ1n) is 7.93. The van der Waals surface area contributed by atoms with Crippen molar-refractivity contribution in [3.05, 3.63) is 28.2 Å². The SMILES string of the molecule is CC(C)(C)OC(=O)NC1(C(=O)NC2CSc3cc(Br)ccc32)CC1. The molecular formula is C17H21BrN2O3S. The molecule has 1 atom stereocenters. The van der Waals surface area contributed by atoms with Gasteiger partial charge < -0.3 is 15.4 Å². The number of alkyl carbamates (subject to hydrolysis) is 1. The van der Waals surface area contributed by atoms with Gasteiger partial charge in [0.1, 0.15) is 11.1 Å². The molecule has 1 aliphatic carbocycles. The molecule has 0 saturated heterocycles. The summed E-state index contributed by atoms with van der Waals surface area (Å²) < 4.78 is 6.30. The van der Waals surface area contributed by atoms with E-state index in [2.05, 4.69) is 32.6 Å². The first-order chi connectivity index (χ1) is 11.2. The Morgan fingerprint density at radius 3 is 2.67 bits per heavy atom. The van der Waals surface area contributed by atoms with Crippen molar-refractivity contribution in [3.63, 3.8) is 0 Å². The first-order valence-corrected chi connectivity index (χ1v) is 9.71. The van der Waals surface area contributed by atoms with Gasteiger partial charge in [0.25, 0.3) is 0 Å². The summed E-state index contributed by atoms with van der Waals surface area (Å²) in [7, 11) is 0. The van der Waals surface area contributed by atoms with Crippen LogP contribution in [-0.2, 0) is 9.53 Å². The Labute approximate surface area is 154 Å². The molecule has 1 unspecified atom stereocenters. The highest BCUT2D eigenvalue weighted by atomic mass is 79.9. The number of ether oxygens (including phenoxy) is 1. The standard InChI is InChI=1S/C17H21BrN2O3S/c1-16(2,3)23-15(22)20-17(6-7-17)14(21)19-12-9-24-13-8-10(18)4-5-11(12)13/h4-5,8,12H,6-7,9H2,1-3H3,(H,19,21)(H,20,22). The third kappa shape index (κ3) is 3.88. The lowest BCUT2D eigenvalue weighted by Gasteiger charge is -2.24. The first kappa shape index (κ1) is 17.6. The van der Waals surface area contributed by atoms with Gasteiger partial charge in [-0.15, -0.1) is 11.8 Å². The highest BCUT2D eigenvalue weighted by Crippen LogP contribution is 2.41. The maximum Gasteiger partial charge on any atom is 0.408 e. The summed E-state index contributed by atoms with van der Waals surface area (Å²) in [6.07, 6.45) is 0.747. The zero-order valence-electron chi connectivity index (χ0n) is 13.9. The van der Waals surface area contributed by atoms with Crippen LogP contribution in [0.25, 0.3) is 0 Å². The van der Waals surface area contributed by atoms with Crippen LogP contribution in [-0.4, -0.2) is 28.9 Å².